The van der Waals surface area contributed by atoms with Gasteiger partial charge in [-0.15, -0.1) is 23.4 Å². The molecule has 0 bridgehead atoms. The molecule has 11 heteroatoms. The minimum absolute atomic E-state index is 0.117. The maximum Gasteiger partial charge on any atom is 0.270 e. The first-order chi connectivity index (χ1) is 11.8. The molecule has 8 nitrogen and oxygen atoms in total. The Morgan fingerprint density at radius 3 is 2.12 bits per heavy atom. The van der Waals surface area contributed by atoms with Gasteiger partial charge in [0, 0.05) is 35.0 Å². The SMILES string of the molecule is O=[N+]([O-])c1ccc(SC(CCl)S(=O)(=O)c2cccc([N+](=O)[O-])c2)cc1. The molecular formula is C14H11ClN2O6S2. The van der Waals surface area contributed by atoms with E-state index in [-0.39, 0.29) is 22.2 Å². The van der Waals surface area contributed by atoms with Gasteiger partial charge in [-0.2, -0.15) is 0 Å². The zero-order valence-corrected chi connectivity index (χ0v) is 14.8. The van der Waals surface area contributed by atoms with E-state index in [0.717, 1.165) is 17.8 Å². The molecule has 0 amide bonds. The van der Waals surface area contributed by atoms with Crippen LogP contribution >= 0.6 is 23.4 Å². The maximum absolute atomic E-state index is 12.7. The van der Waals surface area contributed by atoms with Gasteiger partial charge in [0.15, 0.2) is 9.84 Å². The second-order valence-corrected chi connectivity index (χ2v) is 8.77. The highest BCUT2D eigenvalue weighted by Crippen LogP contribution is 2.33. The molecule has 1 atom stereocenters. The van der Waals surface area contributed by atoms with E-state index in [1.54, 1.807) is 0 Å². The zero-order valence-electron chi connectivity index (χ0n) is 12.4. The van der Waals surface area contributed by atoms with Crippen LogP contribution in [0, 0.1) is 20.2 Å². The van der Waals surface area contributed by atoms with Crippen molar-refractivity contribution in [1.82, 2.24) is 0 Å². The molecular weight excluding hydrogens is 392 g/mol. The van der Waals surface area contributed by atoms with E-state index in [0.29, 0.717) is 4.90 Å². The molecule has 0 fully saturated rings. The fourth-order valence-electron chi connectivity index (χ4n) is 1.90. The Balaban J connectivity index is 2.30. The van der Waals surface area contributed by atoms with Crippen LogP contribution in [0.2, 0.25) is 0 Å². The summed E-state index contributed by atoms with van der Waals surface area (Å²) in [5.74, 6) is -0.257. The highest BCUT2D eigenvalue weighted by molar-refractivity contribution is 8.13. The van der Waals surface area contributed by atoms with Gasteiger partial charge in [0.05, 0.1) is 14.7 Å². The van der Waals surface area contributed by atoms with Crippen molar-refractivity contribution in [2.45, 2.75) is 14.4 Å². The van der Waals surface area contributed by atoms with Gasteiger partial charge in [-0.25, -0.2) is 8.42 Å². The molecule has 0 heterocycles. The lowest BCUT2D eigenvalue weighted by Gasteiger charge is -2.14. The standard InChI is InChI=1S/C14H11ClN2O6S2/c15-9-14(24-12-6-4-10(5-7-12)16(18)19)25(22,23)13-3-1-2-11(8-13)17(20)21/h1-8,14H,9H2. The number of halogens is 1. The van der Waals surface area contributed by atoms with Gasteiger partial charge in [0.1, 0.15) is 4.58 Å². The lowest BCUT2D eigenvalue weighted by atomic mass is 10.3. The summed E-state index contributed by atoms with van der Waals surface area (Å²) in [6, 6.07) is 10.1. The van der Waals surface area contributed by atoms with E-state index in [1.807, 2.05) is 0 Å². The topological polar surface area (TPSA) is 120 Å². The molecule has 2 rings (SSSR count). The molecule has 1 unspecified atom stereocenters. The molecule has 0 saturated carbocycles. The smallest absolute Gasteiger partial charge is 0.258 e. The second kappa shape index (κ2) is 7.81. The fraction of sp³-hybridized carbons (Fsp3) is 0.143. The van der Waals surface area contributed by atoms with Crippen LogP contribution in [0.5, 0.6) is 0 Å². The van der Waals surface area contributed by atoms with Crippen molar-refractivity contribution in [1.29, 1.82) is 0 Å². The summed E-state index contributed by atoms with van der Waals surface area (Å²) in [4.78, 5) is 20.5. The van der Waals surface area contributed by atoms with E-state index >= 15 is 0 Å². The van der Waals surface area contributed by atoms with Crippen molar-refractivity contribution in [3.63, 3.8) is 0 Å². The Morgan fingerprint density at radius 1 is 1.00 bits per heavy atom. The van der Waals surface area contributed by atoms with E-state index in [4.69, 9.17) is 11.6 Å². The molecule has 0 aliphatic rings. The van der Waals surface area contributed by atoms with E-state index in [1.165, 1.54) is 42.5 Å². The monoisotopic (exact) mass is 402 g/mol. The number of rotatable bonds is 7. The van der Waals surface area contributed by atoms with E-state index in [9.17, 15) is 28.6 Å². The van der Waals surface area contributed by atoms with Gasteiger partial charge < -0.3 is 0 Å². The third-order valence-electron chi connectivity index (χ3n) is 3.14. The molecule has 132 valence electrons. The van der Waals surface area contributed by atoms with Crippen molar-refractivity contribution >= 4 is 44.6 Å². The first-order valence-electron chi connectivity index (χ1n) is 6.71. The number of hydrogen-bond acceptors (Lipinski definition) is 7. The molecule has 2 aromatic rings. The van der Waals surface area contributed by atoms with Crippen LogP contribution in [-0.2, 0) is 9.84 Å². The van der Waals surface area contributed by atoms with Crippen LogP contribution < -0.4 is 0 Å². The van der Waals surface area contributed by atoms with Crippen LogP contribution in [0.15, 0.2) is 58.3 Å². The summed E-state index contributed by atoms with van der Waals surface area (Å²) in [6.07, 6.45) is 0. The van der Waals surface area contributed by atoms with Gasteiger partial charge in [-0.3, -0.25) is 20.2 Å². The Labute approximate surface area is 152 Å². The summed E-state index contributed by atoms with van der Waals surface area (Å²) >= 11 is 6.71. The van der Waals surface area contributed by atoms with Gasteiger partial charge >= 0.3 is 0 Å². The number of sulfone groups is 1. The lowest BCUT2D eigenvalue weighted by molar-refractivity contribution is -0.385. The van der Waals surface area contributed by atoms with Gasteiger partial charge in [0.2, 0.25) is 0 Å². The summed E-state index contributed by atoms with van der Waals surface area (Å²) < 4.78 is 24.3. The average molecular weight is 403 g/mol. The number of non-ortho nitro benzene ring substituents is 2. The van der Waals surface area contributed by atoms with Crippen LogP contribution in [-0.4, -0.2) is 28.7 Å². The summed E-state index contributed by atoms with van der Waals surface area (Å²) in [5, 5.41) is 21.5. The highest BCUT2D eigenvalue weighted by Gasteiger charge is 2.29. The number of benzene rings is 2. The quantitative estimate of drug-likeness (QED) is 0.300. The van der Waals surface area contributed by atoms with Gasteiger partial charge in [-0.05, 0) is 18.2 Å². The first-order valence-corrected chi connectivity index (χ1v) is 9.67. The molecule has 0 aliphatic carbocycles. The van der Waals surface area contributed by atoms with Crippen molar-refractivity contribution in [2.24, 2.45) is 0 Å². The molecule has 0 radical (unpaired) electrons. The largest absolute Gasteiger partial charge is 0.270 e. The summed E-state index contributed by atoms with van der Waals surface area (Å²) in [7, 11) is -3.94. The van der Waals surface area contributed by atoms with Crippen LogP contribution in [0.25, 0.3) is 0 Å². The second-order valence-electron chi connectivity index (χ2n) is 4.75. The Hall–Kier alpha value is -2.17. The zero-order chi connectivity index (χ0) is 18.6. The molecule has 0 N–H and O–H groups in total. The predicted octanol–water partition coefficient (Wildman–Crippen LogP) is 3.63. The summed E-state index contributed by atoms with van der Waals surface area (Å²) in [6.45, 7) is 0. The highest BCUT2D eigenvalue weighted by atomic mass is 35.5. The molecule has 0 aliphatic heterocycles. The predicted molar refractivity (Wildman–Crippen MR) is 93.7 cm³/mol. The molecule has 2 aromatic carbocycles. The maximum atomic E-state index is 12.7. The van der Waals surface area contributed by atoms with Crippen molar-refractivity contribution < 1.29 is 18.3 Å². The number of nitrogens with zero attached hydrogens (tertiary/aromatic N) is 2. The minimum Gasteiger partial charge on any atom is -0.258 e. The normalized spacial score (nSPS) is 12.5. The van der Waals surface area contributed by atoms with Gasteiger partial charge in [-0.1, -0.05) is 6.07 Å². The summed E-state index contributed by atoms with van der Waals surface area (Å²) in [5.41, 5.74) is -0.456. The fourth-order valence-corrected chi connectivity index (χ4v) is 5.44. The van der Waals surface area contributed by atoms with Crippen LogP contribution in [0.4, 0.5) is 11.4 Å². The molecule has 25 heavy (non-hydrogen) atoms. The number of nitro groups is 2. The molecule has 0 saturated heterocycles. The van der Waals surface area contributed by atoms with E-state index in [2.05, 4.69) is 0 Å². The number of hydrogen-bond donors (Lipinski definition) is 0. The molecule has 0 spiro atoms. The molecule has 0 aromatic heterocycles. The lowest BCUT2D eigenvalue weighted by Crippen LogP contribution is -2.19. The van der Waals surface area contributed by atoms with Crippen molar-refractivity contribution in [3.05, 3.63) is 68.8 Å². The Kier molecular flexibility index (Phi) is 5.98. The third-order valence-corrected chi connectivity index (χ3v) is 7.61. The number of nitro benzene ring substituents is 2. The average Bonchev–Trinajstić information content (AvgIpc) is 2.59. The Morgan fingerprint density at radius 2 is 1.60 bits per heavy atom. The Bertz CT molecular complexity index is 902. The van der Waals surface area contributed by atoms with Crippen LogP contribution in [0.3, 0.4) is 0 Å². The number of thioether (sulfide) groups is 1. The van der Waals surface area contributed by atoms with Gasteiger partial charge in [0.25, 0.3) is 11.4 Å². The van der Waals surface area contributed by atoms with Crippen molar-refractivity contribution in [3.8, 4) is 0 Å². The first kappa shape index (κ1) is 19.2. The van der Waals surface area contributed by atoms with E-state index < -0.39 is 24.3 Å². The third kappa shape index (κ3) is 4.47. The number of alkyl halides is 1. The minimum atomic E-state index is -3.94. The van der Waals surface area contributed by atoms with Crippen molar-refractivity contribution in [2.75, 3.05) is 5.88 Å². The van der Waals surface area contributed by atoms with Crippen LogP contribution in [0.1, 0.15) is 0 Å².